The van der Waals surface area contributed by atoms with E-state index in [2.05, 4.69) is 21.1 Å². The first-order chi connectivity index (χ1) is 10.1. The highest BCUT2D eigenvalue weighted by Gasteiger charge is 2.26. The van der Waals surface area contributed by atoms with Crippen LogP contribution in [0.1, 0.15) is 25.3 Å². The van der Waals surface area contributed by atoms with Crippen LogP contribution in [0.4, 0.5) is 0 Å². The molecule has 0 saturated carbocycles. The molecule has 7 heteroatoms. The topological polar surface area (TPSA) is 103 Å². The van der Waals surface area contributed by atoms with Crippen LogP contribution in [0.2, 0.25) is 0 Å². The van der Waals surface area contributed by atoms with Crippen molar-refractivity contribution in [3.8, 4) is 5.75 Å². The van der Waals surface area contributed by atoms with E-state index in [1.807, 2.05) is 0 Å². The summed E-state index contributed by atoms with van der Waals surface area (Å²) in [5.74, 6) is -0.741. The van der Waals surface area contributed by atoms with E-state index in [9.17, 15) is 14.7 Å². The highest BCUT2D eigenvalue weighted by atomic mass is 16.3. The number of carbonyl (C=O) groups is 2. The lowest BCUT2D eigenvalue weighted by Gasteiger charge is -2.06. The summed E-state index contributed by atoms with van der Waals surface area (Å²) >= 11 is 0. The molecule has 1 unspecified atom stereocenters. The van der Waals surface area contributed by atoms with E-state index in [4.69, 9.17) is 0 Å². The minimum Gasteiger partial charge on any atom is -0.507 e. The Hall–Kier alpha value is -2.70. The van der Waals surface area contributed by atoms with Gasteiger partial charge < -0.3 is 5.11 Å². The van der Waals surface area contributed by atoms with Crippen molar-refractivity contribution in [1.82, 2.24) is 10.9 Å². The van der Waals surface area contributed by atoms with E-state index in [-0.39, 0.29) is 29.9 Å². The quantitative estimate of drug-likeness (QED) is 0.550. The summed E-state index contributed by atoms with van der Waals surface area (Å²) in [5.41, 5.74) is 5.93. The molecule has 2 rings (SSSR count). The Morgan fingerprint density at radius 3 is 2.95 bits per heavy atom. The van der Waals surface area contributed by atoms with Crippen LogP contribution >= 0.6 is 0 Å². The summed E-state index contributed by atoms with van der Waals surface area (Å²) in [6, 6.07) is 6.66. The summed E-state index contributed by atoms with van der Waals surface area (Å²) < 4.78 is 0. The normalized spacial score (nSPS) is 17.7. The standard InChI is InChI=1S/C14H16N4O3/c1-9-11(14(21)18-16-9)6-7-13(20)17-15-8-10-4-2-3-5-12(10)19/h2-5,8,11,19H,6-7H2,1H3,(H,17,20)(H,18,21)/b15-8+. The van der Waals surface area contributed by atoms with Crippen LogP contribution in [-0.4, -0.2) is 28.8 Å². The van der Waals surface area contributed by atoms with Crippen molar-refractivity contribution in [1.29, 1.82) is 0 Å². The number of phenols is 1. The van der Waals surface area contributed by atoms with Gasteiger partial charge in [-0.15, -0.1) is 0 Å². The number of carbonyl (C=O) groups excluding carboxylic acids is 2. The van der Waals surface area contributed by atoms with Crippen molar-refractivity contribution in [2.75, 3.05) is 0 Å². The number of hydrazone groups is 2. The number of nitrogens with zero attached hydrogens (tertiary/aromatic N) is 2. The zero-order valence-corrected chi connectivity index (χ0v) is 11.5. The van der Waals surface area contributed by atoms with Gasteiger partial charge in [0.15, 0.2) is 0 Å². The van der Waals surface area contributed by atoms with Gasteiger partial charge in [-0.3, -0.25) is 9.59 Å². The lowest BCUT2D eigenvalue weighted by atomic mass is 9.99. The summed E-state index contributed by atoms with van der Waals surface area (Å²) in [7, 11) is 0. The third-order valence-corrected chi connectivity index (χ3v) is 3.15. The van der Waals surface area contributed by atoms with E-state index < -0.39 is 0 Å². The summed E-state index contributed by atoms with van der Waals surface area (Å²) in [6.45, 7) is 1.75. The fourth-order valence-electron chi connectivity index (χ4n) is 1.93. The molecule has 0 saturated heterocycles. The second kappa shape index (κ2) is 6.65. The molecule has 110 valence electrons. The highest BCUT2D eigenvalue weighted by molar-refractivity contribution is 6.07. The van der Waals surface area contributed by atoms with Crippen molar-refractivity contribution in [2.24, 2.45) is 16.1 Å². The summed E-state index contributed by atoms with van der Waals surface area (Å²) in [6.07, 6.45) is 1.92. The predicted octanol–water partition coefficient (Wildman–Crippen LogP) is 0.744. The molecule has 7 nitrogen and oxygen atoms in total. The van der Waals surface area contributed by atoms with Crippen LogP contribution in [0.25, 0.3) is 0 Å². The fraction of sp³-hybridized carbons (Fsp3) is 0.286. The van der Waals surface area contributed by atoms with E-state index in [0.29, 0.717) is 17.7 Å². The smallest absolute Gasteiger partial charge is 0.248 e. The van der Waals surface area contributed by atoms with Gasteiger partial charge in [0, 0.05) is 17.7 Å². The number of nitrogens with one attached hydrogen (secondary N) is 2. The van der Waals surface area contributed by atoms with Crippen molar-refractivity contribution in [3.63, 3.8) is 0 Å². The maximum Gasteiger partial charge on any atom is 0.248 e. The van der Waals surface area contributed by atoms with Crippen LogP contribution in [-0.2, 0) is 9.59 Å². The number of aromatic hydroxyl groups is 1. The van der Waals surface area contributed by atoms with E-state index in [0.717, 1.165) is 0 Å². The van der Waals surface area contributed by atoms with Crippen molar-refractivity contribution < 1.29 is 14.7 Å². The number of hydrogen-bond donors (Lipinski definition) is 3. The van der Waals surface area contributed by atoms with E-state index >= 15 is 0 Å². The second-order valence-corrected chi connectivity index (χ2v) is 4.67. The molecule has 0 radical (unpaired) electrons. The van der Waals surface area contributed by atoms with Crippen LogP contribution in [0, 0.1) is 5.92 Å². The lowest BCUT2D eigenvalue weighted by molar-refractivity contribution is -0.123. The molecular formula is C14H16N4O3. The van der Waals surface area contributed by atoms with Gasteiger partial charge in [-0.1, -0.05) is 12.1 Å². The Kier molecular flexibility index (Phi) is 4.65. The van der Waals surface area contributed by atoms with Gasteiger partial charge >= 0.3 is 0 Å². The molecule has 1 aromatic carbocycles. The maximum absolute atomic E-state index is 11.6. The maximum atomic E-state index is 11.6. The first-order valence-electron chi connectivity index (χ1n) is 6.52. The largest absolute Gasteiger partial charge is 0.507 e. The third kappa shape index (κ3) is 3.88. The van der Waals surface area contributed by atoms with Crippen LogP contribution < -0.4 is 10.9 Å². The predicted molar refractivity (Wildman–Crippen MR) is 77.8 cm³/mol. The molecule has 1 aliphatic heterocycles. The molecule has 0 aliphatic carbocycles. The Balaban J connectivity index is 1.79. The van der Waals surface area contributed by atoms with Crippen LogP contribution in [0.5, 0.6) is 5.75 Å². The molecule has 1 aromatic rings. The Labute approximate surface area is 121 Å². The molecule has 0 fully saturated rings. The van der Waals surface area contributed by atoms with Crippen LogP contribution in [0.15, 0.2) is 34.5 Å². The molecule has 0 bridgehead atoms. The van der Waals surface area contributed by atoms with E-state index in [1.165, 1.54) is 12.3 Å². The first kappa shape index (κ1) is 14.7. The number of benzene rings is 1. The lowest BCUT2D eigenvalue weighted by Crippen LogP contribution is -2.25. The number of rotatable bonds is 5. The number of hydrogen-bond acceptors (Lipinski definition) is 5. The molecule has 1 atom stereocenters. The van der Waals surface area contributed by atoms with Crippen molar-refractivity contribution >= 4 is 23.7 Å². The SMILES string of the molecule is CC1=NNC(=O)C1CCC(=O)N/N=C/c1ccccc1O. The number of phenolic OH excluding ortho intramolecular Hbond substituents is 1. The van der Waals surface area contributed by atoms with Crippen molar-refractivity contribution in [3.05, 3.63) is 29.8 Å². The first-order valence-corrected chi connectivity index (χ1v) is 6.52. The summed E-state index contributed by atoms with van der Waals surface area (Å²) in [5, 5.41) is 17.1. The molecule has 1 heterocycles. The molecule has 21 heavy (non-hydrogen) atoms. The van der Waals surface area contributed by atoms with Gasteiger partial charge in [0.25, 0.3) is 0 Å². The monoisotopic (exact) mass is 288 g/mol. The average molecular weight is 288 g/mol. The van der Waals surface area contributed by atoms with Gasteiger partial charge in [0.2, 0.25) is 11.8 Å². The second-order valence-electron chi connectivity index (χ2n) is 4.67. The number of amides is 2. The molecular weight excluding hydrogens is 272 g/mol. The third-order valence-electron chi connectivity index (χ3n) is 3.15. The van der Waals surface area contributed by atoms with Crippen LogP contribution in [0.3, 0.4) is 0 Å². The fourth-order valence-corrected chi connectivity index (χ4v) is 1.93. The molecule has 0 aromatic heterocycles. The van der Waals surface area contributed by atoms with Gasteiger partial charge in [0.05, 0.1) is 12.1 Å². The highest BCUT2D eigenvalue weighted by Crippen LogP contribution is 2.14. The zero-order chi connectivity index (χ0) is 15.2. The van der Waals surface area contributed by atoms with Gasteiger partial charge in [-0.2, -0.15) is 10.2 Å². The Bertz CT molecular complexity index is 610. The average Bonchev–Trinajstić information content (AvgIpc) is 2.78. The zero-order valence-electron chi connectivity index (χ0n) is 11.5. The Morgan fingerprint density at radius 2 is 2.29 bits per heavy atom. The minimum atomic E-state index is -0.349. The van der Waals surface area contributed by atoms with Gasteiger partial charge in [0.1, 0.15) is 5.75 Å². The minimum absolute atomic E-state index is 0.0879. The number of para-hydroxylation sites is 1. The van der Waals surface area contributed by atoms with Gasteiger partial charge in [-0.25, -0.2) is 10.9 Å². The molecule has 2 amide bonds. The Morgan fingerprint density at radius 1 is 1.52 bits per heavy atom. The molecule has 3 N–H and O–H groups in total. The molecule has 1 aliphatic rings. The van der Waals surface area contributed by atoms with Crippen molar-refractivity contribution in [2.45, 2.75) is 19.8 Å². The van der Waals surface area contributed by atoms with E-state index in [1.54, 1.807) is 25.1 Å². The molecule has 0 spiro atoms. The summed E-state index contributed by atoms with van der Waals surface area (Å²) in [4.78, 5) is 23.0. The van der Waals surface area contributed by atoms with Gasteiger partial charge in [-0.05, 0) is 25.5 Å².